The van der Waals surface area contributed by atoms with Crippen molar-refractivity contribution in [3.05, 3.63) is 34.2 Å². The second-order valence-corrected chi connectivity index (χ2v) is 2.56. The Morgan fingerprint density at radius 2 is 2.07 bits per heavy atom. The number of aryl methyl sites for hydroxylation is 1. The Kier molecular flexibility index (Phi) is 5.29. The van der Waals surface area contributed by atoms with Crippen LogP contribution in [0.4, 0.5) is 0 Å². The van der Waals surface area contributed by atoms with E-state index in [9.17, 15) is 9.59 Å². The fourth-order valence-corrected chi connectivity index (χ4v) is 0.883. The van der Waals surface area contributed by atoms with Gasteiger partial charge < -0.3 is 9.67 Å². The highest BCUT2D eigenvalue weighted by Crippen LogP contribution is 1.90. The molecule has 0 aliphatic heterocycles. The molecule has 0 saturated heterocycles. The molecule has 0 aromatic carbocycles. The SMILES string of the molecule is CC.Cc1ccn(CC(=O)O)c(=O)c1. The Hall–Kier alpha value is -1.58. The van der Waals surface area contributed by atoms with Gasteiger partial charge in [0.1, 0.15) is 6.54 Å². The lowest BCUT2D eigenvalue weighted by Gasteiger charge is -2.00. The van der Waals surface area contributed by atoms with Crippen molar-refractivity contribution >= 4 is 5.97 Å². The zero-order chi connectivity index (χ0) is 11.1. The minimum absolute atomic E-state index is 0.279. The first-order valence-corrected chi connectivity index (χ1v) is 4.48. The van der Waals surface area contributed by atoms with E-state index in [2.05, 4.69) is 0 Å². The van der Waals surface area contributed by atoms with Gasteiger partial charge in [-0.15, -0.1) is 0 Å². The van der Waals surface area contributed by atoms with Crippen molar-refractivity contribution in [1.29, 1.82) is 0 Å². The third-order valence-corrected chi connectivity index (χ3v) is 1.46. The van der Waals surface area contributed by atoms with E-state index in [-0.39, 0.29) is 12.1 Å². The summed E-state index contributed by atoms with van der Waals surface area (Å²) < 4.78 is 1.15. The lowest BCUT2D eigenvalue weighted by Crippen LogP contribution is -2.22. The summed E-state index contributed by atoms with van der Waals surface area (Å²) in [6, 6.07) is 3.10. The number of aliphatic carboxylic acids is 1. The highest BCUT2D eigenvalue weighted by atomic mass is 16.4. The van der Waals surface area contributed by atoms with Crippen LogP contribution in [-0.2, 0) is 11.3 Å². The van der Waals surface area contributed by atoms with Gasteiger partial charge in [-0.25, -0.2) is 0 Å². The van der Waals surface area contributed by atoms with Gasteiger partial charge in [0.2, 0.25) is 0 Å². The van der Waals surface area contributed by atoms with E-state index in [1.807, 2.05) is 13.8 Å². The molecule has 4 nitrogen and oxygen atoms in total. The summed E-state index contributed by atoms with van der Waals surface area (Å²) in [5, 5.41) is 8.40. The van der Waals surface area contributed by atoms with Crippen molar-refractivity contribution in [1.82, 2.24) is 4.57 Å². The lowest BCUT2D eigenvalue weighted by molar-refractivity contribution is -0.137. The summed E-state index contributed by atoms with van der Waals surface area (Å²) in [5.41, 5.74) is 0.555. The molecule has 1 rings (SSSR count). The summed E-state index contributed by atoms with van der Waals surface area (Å²) >= 11 is 0. The number of aromatic nitrogens is 1. The maximum absolute atomic E-state index is 11.1. The van der Waals surface area contributed by atoms with E-state index in [1.165, 1.54) is 12.3 Å². The van der Waals surface area contributed by atoms with Crippen LogP contribution in [0.2, 0.25) is 0 Å². The van der Waals surface area contributed by atoms with E-state index in [0.717, 1.165) is 10.1 Å². The molecule has 0 amide bonds. The molecular weight excluding hydrogens is 182 g/mol. The topological polar surface area (TPSA) is 59.3 Å². The van der Waals surface area contributed by atoms with Gasteiger partial charge in [0.05, 0.1) is 0 Å². The van der Waals surface area contributed by atoms with Gasteiger partial charge >= 0.3 is 5.97 Å². The van der Waals surface area contributed by atoms with Crippen LogP contribution in [0.25, 0.3) is 0 Å². The summed E-state index contributed by atoms with van der Waals surface area (Å²) in [6.45, 7) is 5.51. The number of pyridine rings is 1. The standard InChI is InChI=1S/C8H9NO3.C2H6/c1-6-2-3-9(5-8(11)12)7(10)4-6;1-2/h2-4H,5H2,1H3,(H,11,12);1-2H3. The van der Waals surface area contributed by atoms with Crippen LogP contribution in [0.15, 0.2) is 23.1 Å². The van der Waals surface area contributed by atoms with E-state index in [4.69, 9.17) is 5.11 Å². The maximum Gasteiger partial charge on any atom is 0.323 e. The molecule has 0 spiro atoms. The van der Waals surface area contributed by atoms with Crippen LogP contribution in [0.3, 0.4) is 0 Å². The van der Waals surface area contributed by atoms with Crippen LogP contribution in [0.5, 0.6) is 0 Å². The molecule has 0 fully saturated rings. The van der Waals surface area contributed by atoms with Gasteiger partial charge in [-0.05, 0) is 18.6 Å². The third kappa shape index (κ3) is 3.89. The average molecular weight is 197 g/mol. The zero-order valence-electron chi connectivity index (χ0n) is 8.65. The number of carboxylic acids is 1. The fourth-order valence-electron chi connectivity index (χ4n) is 0.883. The first kappa shape index (κ1) is 12.4. The summed E-state index contributed by atoms with van der Waals surface area (Å²) in [4.78, 5) is 21.3. The summed E-state index contributed by atoms with van der Waals surface area (Å²) in [5.74, 6) is -1.01. The lowest BCUT2D eigenvalue weighted by atomic mass is 10.3. The van der Waals surface area contributed by atoms with Gasteiger partial charge in [0.25, 0.3) is 5.56 Å². The number of carbonyl (C=O) groups is 1. The fraction of sp³-hybridized carbons (Fsp3) is 0.400. The molecule has 1 N–H and O–H groups in total. The minimum atomic E-state index is -1.01. The molecule has 0 aliphatic rings. The van der Waals surface area contributed by atoms with Gasteiger partial charge in [-0.1, -0.05) is 13.8 Å². The van der Waals surface area contributed by atoms with Crippen LogP contribution in [0, 0.1) is 6.92 Å². The Balaban J connectivity index is 0.000000791. The number of rotatable bonds is 2. The van der Waals surface area contributed by atoms with Crippen LogP contribution in [-0.4, -0.2) is 15.6 Å². The molecule has 0 unspecified atom stereocenters. The molecule has 1 heterocycles. The minimum Gasteiger partial charge on any atom is -0.480 e. The first-order chi connectivity index (χ1) is 6.59. The van der Waals surface area contributed by atoms with Crippen LogP contribution < -0.4 is 5.56 Å². The molecule has 78 valence electrons. The normalized spacial score (nSPS) is 8.79. The largest absolute Gasteiger partial charge is 0.480 e. The molecule has 14 heavy (non-hydrogen) atoms. The second kappa shape index (κ2) is 5.96. The highest BCUT2D eigenvalue weighted by Gasteiger charge is 2.00. The Bertz CT molecular complexity index is 355. The predicted octanol–water partition coefficient (Wildman–Crippen LogP) is 1.27. The quantitative estimate of drug-likeness (QED) is 0.776. The Labute approximate surface area is 82.8 Å². The van der Waals surface area contributed by atoms with Crippen LogP contribution in [0.1, 0.15) is 19.4 Å². The number of hydrogen-bond acceptors (Lipinski definition) is 2. The number of hydrogen-bond donors (Lipinski definition) is 1. The van der Waals surface area contributed by atoms with Gasteiger partial charge in [-0.3, -0.25) is 9.59 Å². The molecule has 4 heteroatoms. The summed E-state index contributed by atoms with van der Waals surface area (Å²) in [7, 11) is 0. The van der Waals surface area contributed by atoms with Crippen molar-refractivity contribution in [2.75, 3.05) is 0 Å². The van der Waals surface area contributed by atoms with Gasteiger partial charge in [0, 0.05) is 12.3 Å². The van der Waals surface area contributed by atoms with Crippen molar-refractivity contribution < 1.29 is 9.90 Å². The highest BCUT2D eigenvalue weighted by molar-refractivity contribution is 5.66. The van der Waals surface area contributed by atoms with E-state index >= 15 is 0 Å². The van der Waals surface area contributed by atoms with Gasteiger partial charge in [0.15, 0.2) is 0 Å². The predicted molar refractivity (Wildman–Crippen MR) is 54.4 cm³/mol. The summed E-state index contributed by atoms with van der Waals surface area (Å²) in [6.07, 6.45) is 1.48. The Morgan fingerprint density at radius 1 is 1.50 bits per heavy atom. The van der Waals surface area contributed by atoms with E-state index in [0.29, 0.717) is 0 Å². The second-order valence-electron chi connectivity index (χ2n) is 2.56. The monoisotopic (exact) mass is 197 g/mol. The molecule has 1 aromatic rings. The molecule has 0 bridgehead atoms. The molecule has 0 radical (unpaired) electrons. The molecular formula is C10H15NO3. The van der Waals surface area contributed by atoms with Crippen molar-refractivity contribution in [3.63, 3.8) is 0 Å². The zero-order valence-corrected chi connectivity index (χ0v) is 8.65. The number of nitrogens with zero attached hydrogens (tertiary/aromatic N) is 1. The van der Waals surface area contributed by atoms with Crippen molar-refractivity contribution in [2.24, 2.45) is 0 Å². The molecule has 0 atom stereocenters. The molecule has 0 aliphatic carbocycles. The van der Waals surface area contributed by atoms with E-state index < -0.39 is 5.97 Å². The first-order valence-electron chi connectivity index (χ1n) is 4.48. The van der Waals surface area contributed by atoms with Crippen molar-refractivity contribution in [2.45, 2.75) is 27.3 Å². The molecule has 1 aromatic heterocycles. The van der Waals surface area contributed by atoms with Crippen molar-refractivity contribution in [3.8, 4) is 0 Å². The van der Waals surface area contributed by atoms with Crippen LogP contribution >= 0.6 is 0 Å². The third-order valence-electron chi connectivity index (χ3n) is 1.46. The van der Waals surface area contributed by atoms with E-state index in [1.54, 1.807) is 13.0 Å². The smallest absolute Gasteiger partial charge is 0.323 e. The average Bonchev–Trinajstić information content (AvgIpc) is 2.13. The Morgan fingerprint density at radius 3 is 2.50 bits per heavy atom. The molecule has 0 saturated carbocycles. The maximum atomic E-state index is 11.1. The number of carboxylic acid groups (broad SMARTS) is 1. The van der Waals surface area contributed by atoms with Gasteiger partial charge in [-0.2, -0.15) is 0 Å².